The fourth-order valence-corrected chi connectivity index (χ4v) is 7.23. The molecule has 7 heteroatoms. The number of thiazole rings is 1. The molecule has 36 heavy (non-hydrogen) atoms. The van der Waals surface area contributed by atoms with E-state index in [0.717, 1.165) is 47.7 Å². The predicted molar refractivity (Wildman–Crippen MR) is 144 cm³/mol. The van der Waals surface area contributed by atoms with Crippen molar-refractivity contribution in [3.8, 4) is 5.69 Å². The standard InChI is InChI=1S/C29H30FN5S/c1-17-13-22(30)25-23(14-17)36-28(31-25)34-11-9-29(10-12-34)15-21(16-29)27-24(20-7-8-20)32-33-35(27)26-18(2)5-4-6-19(26)3/h4-6,13-15,20H,7-12,16H2,1-3H3. The van der Waals surface area contributed by atoms with Crippen LogP contribution in [0.4, 0.5) is 9.52 Å². The molecule has 1 aliphatic heterocycles. The van der Waals surface area contributed by atoms with Crippen LogP contribution in [0, 0.1) is 32.0 Å². The summed E-state index contributed by atoms with van der Waals surface area (Å²) < 4.78 is 17.4. The summed E-state index contributed by atoms with van der Waals surface area (Å²) >= 11 is 1.61. The second-order valence-corrected chi connectivity index (χ2v) is 12.0. The molecule has 1 spiro atoms. The van der Waals surface area contributed by atoms with Gasteiger partial charge in [0, 0.05) is 19.0 Å². The van der Waals surface area contributed by atoms with Crippen molar-refractivity contribution in [3.05, 3.63) is 70.3 Å². The van der Waals surface area contributed by atoms with Crippen LogP contribution in [0.1, 0.15) is 66.1 Å². The predicted octanol–water partition coefficient (Wildman–Crippen LogP) is 6.89. The monoisotopic (exact) mass is 499 g/mol. The summed E-state index contributed by atoms with van der Waals surface area (Å²) in [5.74, 6) is 0.341. The van der Waals surface area contributed by atoms with E-state index < -0.39 is 0 Å². The van der Waals surface area contributed by atoms with E-state index in [9.17, 15) is 4.39 Å². The minimum atomic E-state index is -0.215. The van der Waals surface area contributed by atoms with E-state index in [1.54, 1.807) is 17.4 Å². The van der Waals surface area contributed by atoms with Crippen LogP contribution >= 0.6 is 11.3 Å². The van der Waals surface area contributed by atoms with E-state index in [2.05, 4.69) is 63.0 Å². The molecule has 5 nitrogen and oxygen atoms in total. The number of para-hydroxylation sites is 1. The van der Waals surface area contributed by atoms with Crippen molar-refractivity contribution in [2.45, 2.75) is 58.8 Å². The molecule has 4 aromatic rings. The van der Waals surface area contributed by atoms with Gasteiger partial charge >= 0.3 is 0 Å². The Kier molecular flexibility index (Phi) is 4.91. The molecule has 2 aromatic carbocycles. The normalized spacial score (nSPS) is 19.1. The van der Waals surface area contributed by atoms with Crippen molar-refractivity contribution < 1.29 is 4.39 Å². The number of hydrogen-bond donors (Lipinski definition) is 0. The Morgan fingerprint density at radius 3 is 2.47 bits per heavy atom. The second kappa shape index (κ2) is 7.97. The second-order valence-electron chi connectivity index (χ2n) is 11.0. The minimum Gasteiger partial charge on any atom is -0.348 e. The van der Waals surface area contributed by atoms with Gasteiger partial charge < -0.3 is 4.90 Å². The van der Waals surface area contributed by atoms with E-state index in [1.807, 2.05) is 13.0 Å². The Labute approximate surface area is 214 Å². The van der Waals surface area contributed by atoms with Crippen LogP contribution in [0.2, 0.25) is 0 Å². The first kappa shape index (κ1) is 22.2. The summed E-state index contributed by atoms with van der Waals surface area (Å²) in [6, 6.07) is 10.0. The molecule has 3 heterocycles. The number of halogens is 1. The van der Waals surface area contributed by atoms with Gasteiger partial charge in [-0.2, -0.15) is 0 Å². The molecule has 3 aliphatic rings. The lowest BCUT2D eigenvalue weighted by molar-refractivity contribution is 0.277. The van der Waals surface area contributed by atoms with Gasteiger partial charge in [-0.15, -0.1) is 5.10 Å². The molecule has 1 saturated heterocycles. The Hall–Kier alpha value is -3.06. The third-order valence-corrected chi connectivity index (χ3v) is 9.31. The van der Waals surface area contributed by atoms with Crippen LogP contribution in [-0.4, -0.2) is 33.1 Å². The van der Waals surface area contributed by atoms with Crippen LogP contribution in [0.25, 0.3) is 21.5 Å². The molecule has 0 radical (unpaired) electrons. The highest BCUT2D eigenvalue weighted by Crippen LogP contribution is 2.54. The van der Waals surface area contributed by atoms with Crippen LogP contribution in [0.5, 0.6) is 0 Å². The van der Waals surface area contributed by atoms with Gasteiger partial charge in [-0.3, -0.25) is 0 Å². The third kappa shape index (κ3) is 3.51. The highest BCUT2D eigenvalue weighted by molar-refractivity contribution is 7.22. The number of aromatic nitrogens is 4. The van der Waals surface area contributed by atoms with Gasteiger partial charge in [-0.05, 0) is 92.7 Å². The fraction of sp³-hybridized carbons (Fsp3) is 0.414. The maximum Gasteiger partial charge on any atom is 0.186 e. The van der Waals surface area contributed by atoms with E-state index in [1.165, 1.54) is 46.6 Å². The van der Waals surface area contributed by atoms with Crippen molar-refractivity contribution in [3.63, 3.8) is 0 Å². The lowest BCUT2D eigenvalue weighted by Crippen LogP contribution is -2.42. The molecule has 184 valence electrons. The van der Waals surface area contributed by atoms with Crippen molar-refractivity contribution in [2.75, 3.05) is 18.0 Å². The zero-order chi connectivity index (χ0) is 24.6. The largest absolute Gasteiger partial charge is 0.348 e. The number of fused-ring (bicyclic) bond motifs is 1. The number of nitrogens with zero attached hydrogens (tertiary/aromatic N) is 5. The maximum atomic E-state index is 14.4. The van der Waals surface area contributed by atoms with E-state index in [-0.39, 0.29) is 11.2 Å². The first-order chi connectivity index (χ1) is 17.4. The number of allylic oxidation sites excluding steroid dienone is 2. The number of rotatable bonds is 4. The molecule has 2 aromatic heterocycles. The van der Waals surface area contributed by atoms with E-state index in [4.69, 9.17) is 0 Å². The first-order valence-corrected chi connectivity index (χ1v) is 13.8. The van der Waals surface area contributed by atoms with Crippen molar-refractivity contribution in [1.29, 1.82) is 0 Å². The molecule has 0 N–H and O–H groups in total. The lowest BCUT2D eigenvalue weighted by atomic mass is 9.64. The molecule has 0 atom stereocenters. The zero-order valence-corrected chi connectivity index (χ0v) is 21.8. The molecule has 1 saturated carbocycles. The van der Waals surface area contributed by atoms with Crippen molar-refractivity contribution >= 4 is 32.3 Å². The Morgan fingerprint density at radius 1 is 1.06 bits per heavy atom. The van der Waals surface area contributed by atoms with Crippen LogP contribution in [0.15, 0.2) is 36.4 Å². The van der Waals surface area contributed by atoms with Crippen molar-refractivity contribution in [1.82, 2.24) is 20.0 Å². The summed E-state index contributed by atoms with van der Waals surface area (Å²) in [5, 5.41) is 10.3. The summed E-state index contributed by atoms with van der Waals surface area (Å²) in [6.45, 7) is 8.16. The Bertz CT molecular complexity index is 1510. The molecular formula is C29H30FN5S. The molecule has 2 aliphatic carbocycles. The number of aryl methyl sites for hydroxylation is 3. The van der Waals surface area contributed by atoms with Crippen LogP contribution in [0.3, 0.4) is 0 Å². The fourth-order valence-electron chi connectivity index (χ4n) is 6.10. The Balaban J connectivity index is 1.16. The van der Waals surface area contributed by atoms with E-state index >= 15 is 0 Å². The third-order valence-electron chi connectivity index (χ3n) is 8.25. The van der Waals surface area contributed by atoms with Gasteiger partial charge in [0.05, 0.1) is 21.8 Å². The van der Waals surface area contributed by atoms with Crippen molar-refractivity contribution in [2.24, 2.45) is 5.41 Å². The molecule has 0 amide bonds. The average molecular weight is 500 g/mol. The smallest absolute Gasteiger partial charge is 0.186 e. The molecular weight excluding hydrogens is 469 g/mol. The molecule has 0 unspecified atom stereocenters. The summed E-state index contributed by atoms with van der Waals surface area (Å²) in [6.07, 6.45) is 8.21. The highest BCUT2D eigenvalue weighted by Gasteiger charge is 2.43. The summed E-state index contributed by atoms with van der Waals surface area (Å²) in [5.41, 5.74) is 9.14. The topological polar surface area (TPSA) is 46.8 Å². The molecule has 7 rings (SSSR count). The summed E-state index contributed by atoms with van der Waals surface area (Å²) in [4.78, 5) is 7.00. The maximum absolute atomic E-state index is 14.4. The summed E-state index contributed by atoms with van der Waals surface area (Å²) in [7, 11) is 0. The quantitative estimate of drug-likeness (QED) is 0.307. The number of benzene rings is 2. The molecule has 2 fully saturated rings. The molecule has 0 bridgehead atoms. The van der Waals surface area contributed by atoms with Gasteiger partial charge in [0.25, 0.3) is 0 Å². The number of piperidine rings is 1. The zero-order valence-electron chi connectivity index (χ0n) is 21.0. The van der Waals surface area contributed by atoms with Crippen LogP contribution in [-0.2, 0) is 0 Å². The van der Waals surface area contributed by atoms with Gasteiger partial charge in [-0.25, -0.2) is 14.1 Å². The highest BCUT2D eigenvalue weighted by atomic mass is 32.1. The Morgan fingerprint density at radius 2 is 1.78 bits per heavy atom. The van der Waals surface area contributed by atoms with Gasteiger partial charge in [0.2, 0.25) is 0 Å². The van der Waals surface area contributed by atoms with Gasteiger partial charge in [0.15, 0.2) is 10.9 Å². The first-order valence-electron chi connectivity index (χ1n) is 13.0. The van der Waals surface area contributed by atoms with E-state index in [0.29, 0.717) is 11.4 Å². The number of anilines is 1. The average Bonchev–Trinajstić information content (AvgIpc) is 3.44. The van der Waals surface area contributed by atoms with Crippen LogP contribution < -0.4 is 4.90 Å². The van der Waals surface area contributed by atoms with Gasteiger partial charge in [0.1, 0.15) is 5.52 Å². The SMILES string of the molecule is Cc1cc(F)c2nc(N3CCC4(C=C(c5c(C6CC6)nnn5-c5c(C)cccc5C)C4)CC3)sc2c1. The lowest BCUT2D eigenvalue weighted by Gasteiger charge is -2.46. The van der Waals surface area contributed by atoms with Gasteiger partial charge in [-0.1, -0.05) is 40.8 Å². The minimum absolute atomic E-state index is 0.215. The number of hydrogen-bond acceptors (Lipinski definition) is 5.